The van der Waals surface area contributed by atoms with E-state index in [0.717, 1.165) is 0 Å². The van der Waals surface area contributed by atoms with Gasteiger partial charge in [0.1, 0.15) is 0 Å². The zero-order valence-corrected chi connectivity index (χ0v) is 12.0. The molecule has 1 atom stereocenters. The molecule has 0 aliphatic heterocycles. The van der Waals surface area contributed by atoms with E-state index in [9.17, 15) is 13.2 Å². The van der Waals surface area contributed by atoms with Crippen molar-refractivity contribution in [3.05, 3.63) is 30.3 Å². The van der Waals surface area contributed by atoms with Crippen molar-refractivity contribution in [3.63, 3.8) is 0 Å². The second-order valence-electron chi connectivity index (χ2n) is 4.08. The van der Waals surface area contributed by atoms with E-state index in [1.165, 1.54) is 12.1 Å². The lowest BCUT2D eigenvalue weighted by atomic mass is 10.1. The summed E-state index contributed by atoms with van der Waals surface area (Å²) in [5.74, 6) is 0. The quantitative estimate of drug-likeness (QED) is 0.558. The number of benzene rings is 1. The second kappa shape index (κ2) is 7.59. The van der Waals surface area contributed by atoms with Crippen LogP contribution in [0, 0.1) is 0 Å². The smallest absolute Gasteiger partial charge is 0.241 e. The van der Waals surface area contributed by atoms with Gasteiger partial charge in [0.15, 0.2) is 0 Å². The minimum Gasteiger partial charge on any atom is -0.330 e. The summed E-state index contributed by atoms with van der Waals surface area (Å²) >= 11 is 5.42. The summed E-state index contributed by atoms with van der Waals surface area (Å²) in [4.78, 5) is 11.4. The Kier molecular flexibility index (Phi) is 6.44. The first-order valence-electron chi connectivity index (χ1n) is 5.94. The first-order chi connectivity index (χ1) is 8.97. The molecule has 0 aromatic heterocycles. The van der Waals surface area contributed by atoms with Gasteiger partial charge in [0, 0.05) is 0 Å². The van der Waals surface area contributed by atoms with E-state index in [-0.39, 0.29) is 4.90 Å². The molecule has 0 saturated carbocycles. The van der Waals surface area contributed by atoms with Gasteiger partial charge in [-0.2, -0.15) is 4.72 Å². The molecule has 0 spiro atoms. The highest BCUT2D eigenvalue weighted by atomic mass is 35.5. The van der Waals surface area contributed by atoms with E-state index in [4.69, 9.17) is 17.3 Å². The highest BCUT2D eigenvalue weighted by molar-refractivity contribution is 7.89. The normalized spacial score (nSPS) is 13.2. The van der Waals surface area contributed by atoms with Gasteiger partial charge >= 0.3 is 0 Å². The molecule has 0 aliphatic carbocycles. The van der Waals surface area contributed by atoms with Crippen LogP contribution in [0.5, 0.6) is 0 Å². The fourth-order valence-electron chi connectivity index (χ4n) is 1.57. The summed E-state index contributed by atoms with van der Waals surface area (Å²) < 4.78 is 26.4. The van der Waals surface area contributed by atoms with Crippen molar-refractivity contribution in [3.8, 4) is 0 Å². The second-order valence-corrected chi connectivity index (χ2v) is 6.16. The summed E-state index contributed by atoms with van der Waals surface area (Å²) in [6.45, 7) is 0.495. The fourth-order valence-corrected chi connectivity index (χ4v) is 3.05. The highest BCUT2D eigenvalue weighted by Crippen LogP contribution is 2.11. The molecule has 5 nitrogen and oxygen atoms in total. The number of rotatable bonds is 8. The number of hydrogen-bond acceptors (Lipinski definition) is 4. The van der Waals surface area contributed by atoms with E-state index in [1.807, 2.05) is 0 Å². The summed E-state index contributed by atoms with van der Waals surface area (Å²) in [5, 5.41) is -0.712. The van der Waals surface area contributed by atoms with Crippen molar-refractivity contribution in [2.24, 2.45) is 5.73 Å². The monoisotopic (exact) mass is 304 g/mol. The molecule has 0 heterocycles. The molecule has 0 bridgehead atoms. The van der Waals surface area contributed by atoms with Crippen molar-refractivity contribution >= 4 is 26.9 Å². The lowest BCUT2D eigenvalue weighted by Gasteiger charge is -2.14. The Morgan fingerprint density at radius 1 is 1.26 bits per heavy atom. The van der Waals surface area contributed by atoms with Gasteiger partial charge in [-0.25, -0.2) is 8.42 Å². The molecule has 106 valence electrons. The number of sulfonamides is 1. The molecule has 0 unspecified atom stereocenters. The number of halogens is 1. The predicted molar refractivity (Wildman–Crippen MR) is 74.3 cm³/mol. The molecule has 1 rings (SSSR count). The summed E-state index contributed by atoms with van der Waals surface area (Å²) in [5.41, 5.74) is 5.35. The first kappa shape index (κ1) is 16.1. The maximum Gasteiger partial charge on any atom is 0.241 e. The zero-order valence-electron chi connectivity index (χ0n) is 10.4. The molecule has 1 aromatic carbocycles. The first-order valence-corrected chi connectivity index (χ1v) is 7.80. The largest absolute Gasteiger partial charge is 0.330 e. The van der Waals surface area contributed by atoms with Crippen molar-refractivity contribution in [1.29, 1.82) is 0 Å². The molecular formula is C12H17ClN2O3S. The SMILES string of the molecule is NCCCC[C@H](NS(=O)(=O)c1ccccc1)C(=O)Cl. The molecule has 0 saturated heterocycles. The standard InChI is InChI=1S/C12H17ClN2O3S/c13-12(16)11(8-4-5-9-14)15-19(17,18)10-6-2-1-3-7-10/h1-3,6-7,11,15H,4-5,8-9,14H2/t11-/m0/s1. The maximum atomic E-state index is 12.0. The number of hydrogen-bond donors (Lipinski definition) is 2. The van der Waals surface area contributed by atoms with Gasteiger partial charge in [-0.1, -0.05) is 24.6 Å². The van der Waals surface area contributed by atoms with Crippen LogP contribution < -0.4 is 10.5 Å². The number of carbonyl (C=O) groups excluding carboxylic acids is 1. The van der Waals surface area contributed by atoms with Crippen molar-refractivity contribution in [2.45, 2.75) is 30.2 Å². The zero-order chi connectivity index (χ0) is 14.3. The molecule has 0 fully saturated rings. The topological polar surface area (TPSA) is 89.3 Å². The van der Waals surface area contributed by atoms with Crippen LogP contribution in [0.3, 0.4) is 0 Å². The van der Waals surface area contributed by atoms with Gasteiger partial charge in [0.2, 0.25) is 15.3 Å². The molecule has 0 radical (unpaired) electrons. The van der Waals surface area contributed by atoms with E-state index in [2.05, 4.69) is 4.72 Å². The average Bonchev–Trinajstić information content (AvgIpc) is 2.38. The Morgan fingerprint density at radius 3 is 2.42 bits per heavy atom. The van der Waals surface area contributed by atoms with Crippen LogP contribution in [0.2, 0.25) is 0 Å². The lowest BCUT2D eigenvalue weighted by Crippen LogP contribution is -2.38. The Bertz CT molecular complexity index is 505. The Balaban J connectivity index is 2.76. The van der Waals surface area contributed by atoms with Crippen LogP contribution in [-0.2, 0) is 14.8 Å². The van der Waals surface area contributed by atoms with Crippen molar-refractivity contribution < 1.29 is 13.2 Å². The minimum atomic E-state index is -3.73. The van der Waals surface area contributed by atoms with Gasteiger partial charge in [-0.15, -0.1) is 0 Å². The van der Waals surface area contributed by atoms with E-state index in [0.29, 0.717) is 25.8 Å². The number of unbranched alkanes of at least 4 members (excludes halogenated alkanes) is 1. The highest BCUT2D eigenvalue weighted by Gasteiger charge is 2.23. The van der Waals surface area contributed by atoms with Crippen LogP contribution in [0.1, 0.15) is 19.3 Å². The Labute approximate surface area is 118 Å². The van der Waals surface area contributed by atoms with Gasteiger partial charge in [0.05, 0.1) is 10.9 Å². The molecule has 7 heteroatoms. The molecule has 0 amide bonds. The summed E-state index contributed by atoms with van der Waals surface area (Å²) in [6.07, 6.45) is 1.69. The van der Waals surface area contributed by atoms with Crippen molar-refractivity contribution in [2.75, 3.05) is 6.54 Å². The lowest BCUT2D eigenvalue weighted by molar-refractivity contribution is -0.113. The van der Waals surface area contributed by atoms with E-state index >= 15 is 0 Å². The van der Waals surface area contributed by atoms with Crippen LogP contribution in [-0.4, -0.2) is 26.2 Å². The predicted octanol–water partition coefficient (Wildman–Crippen LogP) is 1.23. The third kappa shape index (κ3) is 5.28. The average molecular weight is 305 g/mol. The van der Waals surface area contributed by atoms with Crippen LogP contribution in [0.15, 0.2) is 35.2 Å². The van der Waals surface area contributed by atoms with E-state index in [1.54, 1.807) is 18.2 Å². The molecule has 1 aromatic rings. The van der Waals surface area contributed by atoms with Crippen molar-refractivity contribution in [1.82, 2.24) is 4.72 Å². The van der Waals surface area contributed by atoms with E-state index < -0.39 is 21.3 Å². The molecule has 3 N–H and O–H groups in total. The van der Waals surface area contributed by atoms with Crippen LogP contribution >= 0.6 is 11.6 Å². The van der Waals surface area contributed by atoms with Gasteiger partial charge in [0.25, 0.3) is 0 Å². The van der Waals surface area contributed by atoms with Gasteiger partial charge < -0.3 is 5.73 Å². The molecule has 19 heavy (non-hydrogen) atoms. The Hall–Kier alpha value is -0.950. The van der Waals surface area contributed by atoms with Crippen LogP contribution in [0.25, 0.3) is 0 Å². The molecular weight excluding hydrogens is 288 g/mol. The fraction of sp³-hybridized carbons (Fsp3) is 0.417. The van der Waals surface area contributed by atoms with Crippen LogP contribution in [0.4, 0.5) is 0 Å². The molecule has 0 aliphatic rings. The summed E-state index contributed by atoms with van der Waals surface area (Å²) in [6, 6.07) is 6.93. The number of nitrogens with two attached hydrogens (primary N) is 1. The van der Waals surface area contributed by atoms with Gasteiger partial charge in [-0.3, -0.25) is 4.79 Å². The third-order valence-corrected chi connectivity index (χ3v) is 4.32. The third-order valence-electron chi connectivity index (χ3n) is 2.57. The van der Waals surface area contributed by atoms with Gasteiger partial charge in [-0.05, 0) is 43.1 Å². The maximum absolute atomic E-state index is 12.0. The minimum absolute atomic E-state index is 0.108. The summed E-state index contributed by atoms with van der Waals surface area (Å²) in [7, 11) is -3.73. The Morgan fingerprint density at radius 2 is 1.89 bits per heavy atom. The number of nitrogens with one attached hydrogen (secondary N) is 1. The number of carbonyl (C=O) groups is 1.